The van der Waals surface area contributed by atoms with Gasteiger partial charge in [-0.25, -0.2) is 0 Å². The van der Waals surface area contributed by atoms with E-state index in [2.05, 4.69) is 66.4 Å². The van der Waals surface area contributed by atoms with E-state index in [4.69, 9.17) is 5.84 Å². The van der Waals surface area contributed by atoms with Gasteiger partial charge in [0.2, 0.25) is 0 Å². The lowest BCUT2D eigenvalue weighted by Gasteiger charge is -2.40. The molecule has 1 aromatic carbocycles. The predicted octanol–water partition coefficient (Wildman–Crippen LogP) is 4.01. The Hall–Kier alpha value is -1.16. The van der Waals surface area contributed by atoms with Crippen LogP contribution in [0.4, 0.5) is 0 Å². The molecule has 19 heavy (non-hydrogen) atoms. The van der Waals surface area contributed by atoms with E-state index in [1.54, 1.807) is 11.3 Å². The Balaban J connectivity index is 2.49. The second kappa shape index (κ2) is 6.33. The predicted molar refractivity (Wildman–Crippen MR) is 83.1 cm³/mol. The van der Waals surface area contributed by atoms with E-state index in [1.165, 1.54) is 11.1 Å². The third-order valence-electron chi connectivity index (χ3n) is 4.21. The molecule has 1 unspecified atom stereocenters. The highest BCUT2D eigenvalue weighted by atomic mass is 32.1. The monoisotopic (exact) mass is 274 g/mol. The highest BCUT2D eigenvalue weighted by molar-refractivity contribution is 7.07. The summed E-state index contributed by atoms with van der Waals surface area (Å²) >= 11 is 1.72. The van der Waals surface area contributed by atoms with Gasteiger partial charge in [-0.05, 0) is 40.8 Å². The van der Waals surface area contributed by atoms with Crippen LogP contribution in [0.5, 0.6) is 0 Å². The lowest BCUT2D eigenvalue weighted by atomic mass is 9.68. The molecule has 0 aliphatic carbocycles. The maximum atomic E-state index is 5.89. The molecule has 0 amide bonds. The van der Waals surface area contributed by atoms with Crippen LogP contribution in [-0.2, 0) is 5.41 Å². The average molecular weight is 274 g/mol. The minimum atomic E-state index is 0.0388. The van der Waals surface area contributed by atoms with Gasteiger partial charge in [-0.2, -0.15) is 11.3 Å². The van der Waals surface area contributed by atoms with Gasteiger partial charge >= 0.3 is 0 Å². The maximum absolute atomic E-state index is 5.89. The molecule has 3 heteroatoms. The number of thiophene rings is 1. The Morgan fingerprint density at radius 2 is 1.84 bits per heavy atom. The molecule has 2 aromatic rings. The first-order valence-electron chi connectivity index (χ1n) is 6.82. The first-order chi connectivity index (χ1) is 9.28. The quantitative estimate of drug-likeness (QED) is 0.617. The fraction of sp³-hybridized carbons (Fsp3) is 0.375. The van der Waals surface area contributed by atoms with Gasteiger partial charge in [0.15, 0.2) is 0 Å². The Morgan fingerprint density at radius 3 is 2.32 bits per heavy atom. The average Bonchev–Trinajstić information content (AvgIpc) is 2.99. The largest absolute Gasteiger partial charge is 0.271 e. The maximum Gasteiger partial charge on any atom is 0.0564 e. The molecular formula is C16H22N2S. The van der Waals surface area contributed by atoms with Crippen molar-refractivity contribution in [2.45, 2.75) is 38.1 Å². The minimum Gasteiger partial charge on any atom is -0.271 e. The van der Waals surface area contributed by atoms with Crippen LogP contribution < -0.4 is 11.3 Å². The highest BCUT2D eigenvalue weighted by Crippen LogP contribution is 2.43. The summed E-state index contributed by atoms with van der Waals surface area (Å²) in [5.74, 6) is 5.89. The van der Waals surface area contributed by atoms with Crippen molar-refractivity contribution in [1.82, 2.24) is 5.43 Å². The molecule has 3 N–H and O–H groups in total. The van der Waals surface area contributed by atoms with Crippen molar-refractivity contribution >= 4 is 11.3 Å². The van der Waals surface area contributed by atoms with Crippen molar-refractivity contribution in [1.29, 1.82) is 0 Å². The summed E-state index contributed by atoms with van der Waals surface area (Å²) in [4.78, 5) is 0. The van der Waals surface area contributed by atoms with E-state index in [1.807, 2.05) is 0 Å². The molecule has 0 bridgehead atoms. The Morgan fingerprint density at radius 1 is 1.16 bits per heavy atom. The molecule has 0 spiro atoms. The van der Waals surface area contributed by atoms with Crippen LogP contribution in [0.1, 0.15) is 43.9 Å². The molecule has 2 nitrogen and oxygen atoms in total. The Kier molecular flexibility index (Phi) is 4.75. The zero-order valence-electron chi connectivity index (χ0n) is 11.6. The number of rotatable bonds is 6. The third-order valence-corrected chi connectivity index (χ3v) is 4.91. The fourth-order valence-corrected chi connectivity index (χ4v) is 3.70. The van der Waals surface area contributed by atoms with Crippen LogP contribution in [-0.4, -0.2) is 0 Å². The molecule has 0 aliphatic heterocycles. The van der Waals surface area contributed by atoms with Crippen LogP contribution in [0.25, 0.3) is 0 Å². The lowest BCUT2D eigenvalue weighted by molar-refractivity contribution is 0.277. The standard InChI is InChI=1S/C16H22N2S/c1-3-16(4-2,14-8-6-5-7-9-14)15(18-17)13-10-11-19-12-13/h5-12,15,18H,3-4,17H2,1-2H3. The Bertz CT molecular complexity index is 475. The molecule has 102 valence electrons. The van der Waals surface area contributed by atoms with Crippen molar-refractivity contribution in [2.24, 2.45) is 5.84 Å². The first kappa shape index (κ1) is 14.3. The SMILES string of the molecule is CCC(CC)(c1ccccc1)C(NN)c1ccsc1. The van der Waals surface area contributed by atoms with Gasteiger partial charge in [0.1, 0.15) is 0 Å². The van der Waals surface area contributed by atoms with Crippen molar-refractivity contribution in [3.05, 3.63) is 58.3 Å². The first-order valence-corrected chi connectivity index (χ1v) is 7.76. The van der Waals surface area contributed by atoms with E-state index < -0.39 is 0 Å². The lowest BCUT2D eigenvalue weighted by Crippen LogP contribution is -2.44. The Labute approximate surface area is 119 Å². The highest BCUT2D eigenvalue weighted by Gasteiger charge is 2.37. The molecule has 2 rings (SSSR count). The van der Waals surface area contributed by atoms with Gasteiger partial charge in [0.05, 0.1) is 6.04 Å². The third kappa shape index (κ3) is 2.59. The van der Waals surface area contributed by atoms with Crippen LogP contribution in [0.15, 0.2) is 47.2 Å². The van der Waals surface area contributed by atoms with Crippen LogP contribution in [0, 0.1) is 0 Å². The molecule has 0 saturated carbocycles. The molecular weight excluding hydrogens is 252 g/mol. The summed E-state index contributed by atoms with van der Waals surface area (Å²) in [5, 5.41) is 4.30. The summed E-state index contributed by atoms with van der Waals surface area (Å²) in [5.41, 5.74) is 5.72. The number of hydrogen-bond acceptors (Lipinski definition) is 3. The number of hydrazine groups is 1. The second-order valence-corrected chi connectivity index (χ2v) is 5.67. The van der Waals surface area contributed by atoms with Gasteiger partial charge in [-0.3, -0.25) is 11.3 Å². The van der Waals surface area contributed by atoms with Gasteiger partial charge in [-0.1, -0.05) is 44.2 Å². The van der Waals surface area contributed by atoms with E-state index >= 15 is 0 Å². The van der Waals surface area contributed by atoms with Gasteiger partial charge < -0.3 is 0 Å². The van der Waals surface area contributed by atoms with Crippen molar-refractivity contribution in [3.63, 3.8) is 0 Å². The van der Waals surface area contributed by atoms with E-state index in [0.29, 0.717) is 0 Å². The molecule has 0 radical (unpaired) electrons. The van der Waals surface area contributed by atoms with Crippen LogP contribution in [0.3, 0.4) is 0 Å². The van der Waals surface area contributed by atoms with E-state index in [0.717, 1.165) is 12.8 Å². The number of nitrogens with one attached hydrogen (secondary N) is 1. The zero-order valence-corrected chi connectivity index (χ0v) is 12.4. The molecule has 0 fully saturated rings. The zero-order chi connectivity index (χ0) is 13.7. The topological polar surface area (TPSA) is 38.0 Å². The fourth-order valence-electron chi connectivity index (χ4n) is 3.02. The van der Waals surface area contributed by atoms with Crippen molar-refractivity contribution < 1.29 is 0 Å². The molecule has 1 aromatic heterocycles. The second-order valence-electron chi connectivity index (χ2n) is 4.89. The van der Waals surface area contributed by atoms with Gasteiger partial charge in [0, 0.05) is 5.41 Å². The van der Waals surface area contributed by atoms with E-state index in [9.17, 15) is 0 Å². The smallest absolute Gasteiger partial charge is 0.0564 e. The number of hydrogen-bond donors (Lipinski definition) is 2. The van der Waals surface area contributed by atoms with Crippen LogP contribution in [0.2, 0.25) is 0 Å². The molecule has 0 aliphatic rings. The summed E-state index contributed by atoms with van der Waals surface area (Å²) in [6, 6.07) is 13.0. The van der Waals surface area contributed by atoms with Gasteiger partial charge in [-0.15, -0.1) is 0 Å². The summed E-state index contributed by atoms with van der Waals surface area (Å²) in [6.07, 6.45) is 2.11. The van der Waals surface area contributed by atoms with Crippen LogP contribution >= 0.6 is 11.3 Å². The van der Waals surface area contributed by atoms with Gasteiger partial charge in [0.25, 0.3) is 0 Å². The summed E-state index contributed by atoms with van der Waals surface area (Å²) < 4.78 is 0. The normalized spacial score (nSPS) is 13.4. The molecule has 1 atom stereocenters. The summed E-state index contributed by atoms with van der Waals surface area (Å²) in [7, 11) is 0. The van der Waals surface area contributed by atoms with Crippen molar-refractivity contribution in [2.75, 3.05) is 0 Å². The summed E-state index contributed by atoms with van der Waals surface area (Å²) in [6.45, 7) is 4.49. The molecule has 0 saturated heterocycles. The van der Waals surface area contributed by atoms with Crippen molar-refractivity contribution in [3.8, 4) is 0 Å². The van der Waals surface area contributed by atoms with E-state index in [-0.39, 0.29) is 11.5 Å². The number of nitrogens with two attached hydrogens (primary N) is 1. The minimum absolute atomic E-state index is 0.0388. The molecule has 1 heterocycles. The number of benzene rings is 1.